The molecule has 1 amide bonds. The summed E-state index contributed by atoms with van der Waals surface area (Å²) >= 11 is 1.47. The Morgan fingerprint density at radius 2 is 1.93 bits per heavy atom. The second-order valence-corrected chi connectivity index (χ2v) is 9.32. The number of hydrogen-bond donors (Lipinski definition) is 1. The molecular weight excluding hydrogens is 406 g/mol. The highest BCUT2D eigenvalue weighted by molar-refractivity contribution is 7.92. The highest BCUT2D eigenvalue weighted by Crippen LogP contribution is 2.34. The van der Waals surface area contributed by atoms with E-state index in [9.17, 15) is 13.2 Å². The smallest absolute Gasteiger partial charge is 0.275 e. The Hall–Kier alpha value is -2.97. The third-order valence-electron chi connectivity index (χ3n) is 4.57. The van der Waals surface area contributed by atoms with E-state index in [0.29, 0.717) is 17.7 Å². The average molecular weight is 426 g/mol. The van der Waals surface area contributed by atoms with Crippen molar-refractivity contribution in [2.45, 2.75) is 12.5 Å². The van der Waals surface area contributed by atoms with Gasteiger partial charge in [0.25, 0.3) is 5.91 Å². The van der Waals surface area contributed by atoms with Gasteiger partial charge in [-0.3, -0.25) is 9.52 Å². The van der Waals surface area contributed by atoms with E-state index in [0.717, 1.165) is 23.1 Å². The Bertz CT molecular complexity index is 1160. The fourth-order valence-electron chi connectivity index (χ4n) is 3.30. The number of anilines is 1. The second-order valence-electron chi connectivity index (χ2n) is 6.79. The zero-order valence-electron chi connectivity index (χ0n) is 15.6. The van der Waals surface area contributed by atoms with Gasteiger partial charge in [-0.1, -0.05) is 42.5 Å². The van der Waals surface area contributed by atoms with E-state index >= 15 is 0 Å². The van der Waals surface area contributed by atoms with Crippen molar-refractivity contribution in [2.75, 3.05) is 11.0 Å². The largest absolute Gasteiger partial charge is 0.284 e. The number of nitrogens with one attached hydrogen (secondary N) is 1. The molecule has 1 aliphatic rings. The zero-order chi connectivity index (χ0) is 20.4. The molecule has 29 heavy (non-hydrogen) atoms. The lowest BCUT2D eigenvalue weighted by Gasteiger charge is -2.21. The van der Waals surface area contributed by atoms with Gasteiger partial charge in [0.05, 0.1) is 23.6 Å². The van der Waals surface area contributed by atoms with Crippen LogP contribution in [0.4, 0.5) is 5.69 Å². The summed E-state index contributed by atoms with van der Waals surface area (Å²) in [6.07, 6.45) is 1.65. The van der Waals surface area contributed by atoms with Crippen LogP contribution in [-0.2, 0) is 10.0 Å². The first-order chi connectivity index (χ1) is 13.9. The second kappa shape index (κ2) is 7.81. The van der Waals surface area contributed by atoms with Crippen LogP contribution in [0.15, 0.2) is 76.5 Å². The van der Waals surface area contributed by atoms with Crippen molar-refractivity contribution in [3.8, 4) is 0 Å². The number of carbonyl (C=O) groups excluding carboxylic acids is 1. The van der Waals surface area contributed by atoms with Gasteiger partial charge in [-0.2, -0.15) is 16.4 Å². The lowest BCUT2D eigenvalue weighted by molar-refractivity contribution is 0.0712. The van der Waals surface area contributed by atoms with Gasteiger partial charge < -0.3 is 0 Å². The number of sulfonamides is 1. The summed E-state index contributed by atoms with van der Waals surface area (Å²) in [6.45, 7) is 0. The molecule has 1 aliphatic heterocycles. The van der Waals surface area contributed by atoms with Gasteiger partial charge in [-0.25, -0.2) is 13.4 Å². The molecule has 0 radical (unpaired) electrons. The fourth-order valence-corrected chi connectivity index (χ4v) is 4.49. The third kappa shape index (κ3) is 4.38. The number of amides is 1. The molecule has 0 saturated carbocycles. The van der Waals surface area contributed by atoms with E-state index < -0.39 is 10.0 Å². The summed E-state index contributed by atoms with van der Waals surface area (Å²) in [5.41, 5.74) is 3.58. The minimum atomic E-state index is -3.38. The van der Waals surface area contributed by atoms with Crippen molar-refractivity contribution < 1.29 is 13.2 Å². The summed E-state index contributed by atoms with van der Waals surface area (Å²) in [4.78, 5) is 13.1. The van der Waals surface area contributed by atoms with Crippen LogP contribution < -0.4 is 4.72 Å². The van der Waals surface area contributed by atoms with E-state index in [1.54, 1.807) is 24.3 Å². The molecule has 0 spiro atoms. The molecule has 6 nitrogen and oxygen atoms in total. The Labute approximate surface area is 173 Å². The number of hydrazone groups is 1. The van der Waals surface area contributed by atoms with Crippen molar-refractivity contribution >= 4 is 38.7 Å². The van der Waals surface area contributed by atoms with Gasteiger partial charge in [0.1, 0.15) is 0 Å². The molecule has 0 fully saturated rings. The summed E-state index contributed by atoms with van der Waals surface area (Å²) in [5.74, 6) is -0.152. The summed E-state index contributed by atoms with van der Waals surface area (Å²) in [7, 11) is -3.38. The number of hydrogen-bond acceptors (Lipinski definition) is 5. The minimum absolute atomic E-state index is 0.152. The summed E-state index contributed by atoms with van der Waals surface area (Å²) in [6, 6.07) is 18.4. The van der Waals surface area contributed by atoms with E-state index in [1.807, 2.05) is 47.2 Å². The summed E-state index contributed by atoms with van der Waals surface area (Å²) < 4.78 is 25.6. The normalized spacial score (nSPS) is 16.5. The SMILES string of the molecule is CS(=O)(=O)Nc1cccc(C2=NN(C(=O)c3ccsc3)C(c3ccccc3)C2)c1. The molecule has 1 N–H and O–H groups in total. The maximum absolute atomic E-state index is 13.1. The van der Waals surface area contributed by atoms with E-state index in [2.05, 4.69) is 9.82 Å². The van der Waals surface area contributed by atoms with Crippen LogP contribution in [0.25, 0.3) is 0 Å². The maximum atomic E-state index is 13.1. The van der Waals surface area contributed by atoms with Gasteiger partial charge in [-0.05, 0) is 34.7 Å². The van der Waals surface area contributed by atoms with Crippen LogP contribution in [0.5, 0.6) is 0 Å². The Morgan fingerprint density at radius 1 is 1.14 bits per heavy atom. The molecule has 3 aromatic rings. The molecule has 0 bridgehead atoms. The molecule has 148 valence electrons. The molecular formula is C21H19N3O3S2. The maximum Gasteiger partial charge on any atom is 0.275 e. The van der Waals surface area contributed by atoms with Gasteiger partial charge >= 0.3 is 0 Å². The lowest BCUT2D eigenvalue weighted by Crippen LogP contribution is -2.26. The lowest BCUT2D eigenvalue weighted by atomic mass is 9.98. The highest BCUT2D eigenvalue weighted by atomic mass is 32.2. The van der Waals surface area contributed by atoms with Gasteiger partial charge in [-0.15, -0.1) is 0 Å². The van der Waals surface area contributed by atoms with Crippen molar-refractivity contribution in [1.82, 2.24) is 5.01 Å². The topological polar surface area (TPSA) is 78.8 Å². The molecule has 4 rings (SSSR count). The first kappa shape index (κ1) is 19.4. The van der Waals surface area contributed by atoms with E-state index in [4.69, 9.17) is 0 Å². The molecule has 8 heteroatoms. The van der Waals surface area contributed by atoms with Gasteiger partial charge in [0, 0.05) is 17.5 Å². The van der Waals surface area contributed by atoms with E-state index in [-0.39, 0.29) is 11.9 Å². The van der Waals surface area contributed by atoms with Crippen molar-refractivity contribution in [3.05, 3.63) is 88.1 Å². The molecule has 2 aromatic carbocycles. The van der Waals surface area contributed by atoms with Crippen LogP contribution in [0, 0.1) is 0 Å². The highest BCUT2D eigenvalue weighted by Gasteiger charge is 2.33. The molecule has 2 heterocycles. The molecule has 0 aliphatic carbocycles. The quantitative estimate of drug-likeness (QED) is 0.668. The Balaban J connectivity index is 1.70. The number of carbonyl (C=O) groups is 1. The Morgan fingerprint density at radius 3 is 2.62 bits per heavy atom. The molecule has 0 saturated heterocycles. The predicted octanol–water partition coefficient (Wildman–Crippen LogP) is 4.11. The summed E-state index contributed by atoms with van der Waals surface area (Å²) in [5, 5.41) is 9.85. The van der Waals surface area contributed by atoms with Crippen LogP contribution in [0.1, 0.15) is 33.9 Å². The molecule has 1 unspecified atom stereocenters. The Kier molecular flexibility index (Phi) is 5.21. The molecule has 1 aromatic heterocycles. The van der Waals surface area contributed by atoms with Crippen LogP contribution in [-0.4, -0.2) is 31.3 Å². The van der Waals surface area contributed by atoms with Crippen molar-refractivity contribution in [1.29, 1.82) is 0 Å². The fraction of sp³-hybridized carbons (Fsp3) is 0.143. The van der Waals surface area contributed by atoms with Gasteiger partial charge in [0.2, 0.25) is 10.0 Å². The average Bonchev–Trinajstić information content (AvgIpc) is 3.37. The van der Waals surface area contributed by atoms with Crippen LogP contribution >= 0.6 is 11.3 Å². The first-order valence-electron chi connectivity index (χ1n) is 8.97. The molecule has 1 atom stereocenters. The predicted molar refractivity (Wildman–Crippen MR) is 116 cm³/mol. The van der Waals surface area contributed by atoms with Gasteiger partial charge in [0.15, 0.2) is 0 Å². The first-order valence-corrected chi connectivity index (χ1v) is 11.8. The number of rotatable bonds is 5. The van der Waals surface area contributed by atoms with E-state index in [1.165, 1.54) is 16.3 Å². The van der Waals surface area contributed by atoms with Crippen molar-refractivity contribution in [3.63, 3.8) is 0 Å². The minimum Gasteiger partial charge on any atom is -0.284 e. The number of thiophene rings is 1. The van der Waals surface area contributed by atoms with Crippen molar-refractivity contribution in [2.24, 2.45) is 5.10 Å². The van der Waals surface area contributed by atoms with Crippen LogP contribution in [0.2, 0.25) is 0 Å². The number of nitrogens with zero attached hydrogens (tertiary/aromatic N) is 2. The standard InChI is InChI=1S/C21H19N3O3S2/c1-29(26,27)23-18-9-5-8-16(12-18)19-13-20(15-6-3-2-4-7-15)24(22-19)21(25)17-10-11-28-14-17/h2-12,14,20,23H,13H2,1H3. The monoisotopic (exact) mass is 425 g/mol. The zero-order valence-corrected chi connectivity index (χ0v) is 17.3. The third-order valence-corrected chi connectivity index (χ3v) is 5.86. The number of benzene rings is 2. The van der Waals surface area contributed by atoms with Crippen LogP contribution in [0.3, 0.4) is 0 Å².